The van der Waals surface area contributed by atoms with Gasteiger partial charge >= 0.3 is 0 Å². The summed E-state index contributed by atoms with van der Waals surface area (Å²) < 4.78 is 13.8. The summed E-state index contributed by atoms with van der Waals surface area (Å²) in [5.74, 6) is 0.259. The highest BCUT2D eigenvalue weighted by molar-refractivity contribution is 4.94. The van der Waals surface area contributed by atoms with E-state index in [0.717, 1.165) is 19.3 Å². The van der Waals surface area contributed by atoms with Crippen LogP contribution in [-0.2, 0) is 0 Å². The lowest BCUT2D eigenvalue weighted by molar-refractivity contribution is 0.0569. The number of hydrogen-bond acceptors (Lipinski definition) is 0. The van der Waals surface area contributed by atoms with Gasteiger partial charge < -0.3 is 0 Å². The highest BCUT2D eigenvalue weighted by Gasteiger charge is 2.44. The van der Waals surface area contributed by atoms with Crippen LogP contribution in [0, 0.1) is 11.3 Å². The third-order valence-electron chi connectivity index (χ3n) is 2.93. The van der Waals surface area contributed by atoms with Crippen molar-refractivity contribution in [2.45, 2.75) is 52.6 Å². The number of rotatable bonds is 0. The maximum absolute atomic E-state index is 13.8. The van der Waals surface area contributed by atoms with Gasteiger partial charge in [-0.25, -0.2) is 4.39 Å². The van der Waals surface area contributed by atoms with Crippen molar-refractivity contribution in [2.24, 2.45) is 11.3 Å². The Bertz CT molecular complexity index is 141. The van der Waals surface area contributed by atoms with Crippen molar-refractivity contribution in [3.8, 4) is 0 Å². The van der Waals surface area contributed by atoms with E-state index in [2.05, 4.69) is 20.8 Å². The highest BCUT2D eigenvalue weighted by atomic mass is 19.1. The van der Waals surface area contributed by atoms with E-state index in [-0.39, 0.29) is 11.3 Å². The molecule has 1 aliphatic rings. The molecule has 0 heterocycles. The van der Waals surface area contributed by atoms with E-state index < -0.39 is 5.67 Å². The third-order valence-corrected chi connectivity index (χ3v) is 2.93. The molecule has 1 aliphatic carbocycles. The Morgan fingerprint density at radius 2 is 1.91 bits per heavy atom. The molecule has 0 aliphatic heterocycles. The van der Waals surface area contributed by atoms with Gasteiger partial charge in [-0.05, 0) is 37.5 Å². The second kappa shape index (κ2) is 2.46. The summed E-state index contributed by atoms with van der Waals surface area (Å²) >= 11 is 0. The molecular weight excluding hydrogens is 139 g/mol. The number of alkyl halides is 1. The summed E-state index contributed by atoms with van der Waals surface area (Å²) in [6.07, 6.45) is 2.89. The SMILES string of the molecule is CC(C)(C)[C@@H]1CCC[C@]1(C)F. The molecule has 0 nitrogen and oxygen atoms in total. The van der Waals surface area contributed by atoms with Gasteiger partial charge in [-0.15, -0.1) is 0 Å². The van der Waals surface area contributed by atoms with Crippen molar-refractivity contribution in [1.29, 1.82) is 0 Å². The lowest BCUT2D eigenvalue weighted by Gasteiger charge is -2.34. The van der Waals surface area contributed by atoms with Gasteiger partial charge in [-0.1, -0.05) is 20.8 Å². The summed E-state index contributed by atoms with van der Waals surface area (Å²) in [5, 5.41) is 0. The zero-order valence-electron chi connectivity index (χ0n) is 8.08. The fourth-order valence-electron chi connectivity index (χ4n) is 2.46. The minimum Gasteiger partial charge on any atom is -0.244 e. The van der Waals surface area contributed by atoms with Crippen molar-refractivity contribution in [3.05, 3.63) is 0 Å². The van der Waals surface area contributed by atoms with E-state index in [1.54, 1.807) is 6.92 Å². The molecule has 1 fully saturated rings. The smallest absolute Gasteiger partial charge is 0.111 e. The van der Waals surface area contributed by atoms with Crippen LogP contribution in [0.5, 0.6) is 0 Å². The molecule has 0 N–H and O–H groups in total. The van der Waals surface area contributed by atoms with Gasteiger partial charge in [0, 0.05) is 0 Å². The van der Waals surface area contributed by atoms with E-state index in [9.17, 15) is 4.39 Å². The van der Waals surface area contributed by atoms with Gasteiger partial charge in [0.15, 0.2) is 0 Å². The maximum atomic E-state index is 13.8. The molecule has 0 spiro atoms. The molecule has 0 aromatic carbocycles. The van der Waals surface area contributed by atoms with E-state index >= 15 is 0 Å². The second-order valence-corrected chi connectivity index (χ2v) is 5.09. The molecule has 0 amide bonds. The first-order valence-corrected chi connectivity index (χ1v) is 4.53. The van der Waals surface area contributed by atoms with Gasteiger partial charge in [0.25, 0.3) is 0 Å². The molecule has 1 rings (SSSR count). The fourth-order valence-corrected chi connectivity index (χ4v) is 2.46. The Morgan fingerprint density at radius 3 is 2.09 bits per heavy atom. The predicted molar refractivity (Wildman–Crippen MR) is 46.3 cm³/mol. The largest absolute Gasteiger partial charge is 0.244 e. The Balaban J connectivity index is 2.73. The summed E-state index contributed by atoms with van der Waals surface area (Å²) in [6, 6.07) is 0. The van der Waals surface area contributed by atoms with Crippen LogP contribution in [0.3, 0.4) is 0 Å². The molecule has 0 unspecified atom stereocenters. The lowest BCUT2D eigenvalue weighted by atomic mass is 9.74. The second-order valence-electron chi connectivity index (χ2n) is 5.09. The van der Waals surface area contributed by atoms with Gasteiger partial charge in [0.2, 0.25) is 0 Å². The van der Waals surface area contributed by atoms with Gasteiger partial charge in [0.05, 0.1) is 0 Å². The molecule has 0 aromatic heterocycles. The molecule has 1 heteroatoms. The summed E-state index contributed by atoms with van der Waals surface area (Å²) in [5.41, 5.74) is -0.766. The highest BCUT2D eigenvalue weighted by Crippen LogP contribution is 2.47. The van der Waals surface area contributed by atoms with Gasteiger partial charge in [0.1, 0.15) is 5.67 Å². The molecule has 66 valence electrons. The van der Waals surface area contributed by atoms with Crippen LogP contribution < -0.4 is 0 Å². The predicted octanol–water partition coefficient (Wildman–Crippen LogP) is 3.56. The zero-order valence-corrected chi connectivity index (χ0v) is 8.08. The number of halogens is 1. The van der Waals surface area contributed by atoms with E-state index in [4.69, 9.17) is 0 Å². The molecule has 11 heavy (non-hydrogen) atoms. The summed E-state index contributed by atoms with van der Waals surface area (Å²) in [7, 11) is 0. The molecule has 0 bridgehead atoms. The Morgan fingerprint density at radius 1 is 1.36 bits per heavy atom. The van der Waals surface area contributed by atoms with Crippen LogP contribution in [0.4, 0.5) is 4.39 Å². The number of hydrogen-bond donors (Lipinski definition) is 0. The average molecular weight is 158 g/mol. The van der Waals surface area contributed by atoms with E-state index in [0.29, 0.717) is 0 Å². The molecule has 2 atom stereocenters. The first-order valence-electron chi connectivity index (χ1n) is 4.53. The van der Waals surface area contributed by atoms with Gasteiger partial charge in [-0.3, -0.25) is 0 Å². The van der Waals surface area contributed by atoms with Crippen molar-refractivity contribution >= 4 is 0 Å². The van der Waals surface area contributed by atoms with Crippen LogP contribution in [0.15, 0.2) is 0 Å². The van der Waals surface area contributed by atoms with Crippen molar-refractivity contribution in [1.82, 2.24) is 0 Å². The van der Waals surface area contributed by atoms with Crippen LogP contribution in [0.1, 0.15) is 47.0 Å². The van der Waals surface area contributed by atoms with Crippen molar-refractivity contribution < 1.29 is 4.39 Å². The van der Waals surface area contributed by atoms with Crippen LogP contribution in [-0.4, -0.2) is 5.67 Å². The first-order chi connectivity index (χ1) is 4.84. The first kappa shape index (κ1) is 9.02. The van der Waals surface area contributed by atoms with E-state index in [1.807, 2.05) is 0 Å². The Labute approximate surface area is 69.2 Å². The zero-order chi connectivity index (χ0) is 8.70. The Kier molecular flexibility index (Phi) is 2.02. The topological polar surface area (TPSA) is 0 Å². The Hall–Kier alpha value is -0.0700. The van der Waals surface area contributed by atoms with Crippen molar-refractivity contribution in [3.63, 3.8) is 0 Å². The molecule has 1 saturated carbocycles. The molecule has 0 saturated heterocycles. The summed E-state index contributed by atoms with van der Waals surface area (Å²) in [6.45, 7) is 8.18. The molecule has 0 radical (unpaired) electrons. The van der Waals surface area contributed by atoms with Crippen LogP contribution in [0.25, 0.3) is 0 Å². The molecular formula is C10H19F. The van der Waals surface area contributed by atoms with Crippen LogP contribution in [0.2, 0.25) is 0 Å². The van der Waals surface area contributed by atoms with Crippen LogP contribution >= 0.6 is 0 Å². The maximum Gasteiger partial charge on any atom is 0.111 e. The van der Waals surface area contributed by atoms with E-state index in [1.165, 1.54) is 0 Å². The minimum absolute atomic E-state index is 0.139. The summed E-state index contributed by atoms with van der Waals surface area (Å²) in [4.78, 5) is 0. The minimum atomic E-state index is -0.905. The normalized spacial score (nSPS) is 39.5. The average Bonchev–Trinajstić information content (AvgIpc) is 2.06. The third kappa shape index (κ3) is 1.74. The molecule has 0 aromatic rings. The monoisotopic (exact) mass is 158 g/mol. The van der Waals surface area contributed by atoms with Gasteiger partial charge in [-0.2, -0.15) is 0 Å². The standard InChI is InChI=1S/C10H19F/c1-9(2,3)8-6-5-7-10(8,4)11/h8H,5-7H2,1-4H3/t8-,10-/m0/s1. The van der Waals surface area contributed by atoms with Crippen molar-refractivity contribution in [2.75, 3.05) is 0 Å². The quantitative estimate of drug-likeness (QED) is 0.505. The lowest BCUT2D eigenvalue weighted by Crippen LogP contribution is -2.33. The fraction of sp³-hybridized carbons (Fsp3) is 1.00.